The fourth-order valence-corrected chi connectivity index (χ4v) is 2.93. The van der Waals surface area contributed by atoms with Gasteiger partial charge in [-0.15, -0.1) is 0 Å². The maximum absolute atomic E-state index is 11.9. The first-order chi connectivity index (χ1) is 8.11. The van der Waals surface area contributed by atoms with Gasteiger partial charge in [0, 0.05) is 6.04 Å². The van der Waals surface area contributed by atoms with Gasteiger partial charge in [-0.2, -0.15) is 31.0 Å². The number of carboxylic acids is 1. The van der Waals surface area contributed by atoms with Crippen molar-refractivity contribution in [1.29, 1.82) is 0 Å². The Kier molecular flexibility index (Phi) is 4.56. The van der Waals surface area contributed by atoms with E-state index in [1.165, 1.54) is 4.72 Å². The molecule has 6 nitrogen and oxygen atoms in total. The van der Waals surface area contributed by atoms with E-state index in [0.717, 1.165) is 0 Å². The number of halogens is 3. The molecule has 10 heteroatoms. The molecule has 3 N–H and O–H groups in total. The number of nitrogens with one attached hydrogen (secondary N) is 2. The lowest BCUT2D eigenvalue weighted by molar-refractivity contribution is -0.142. The monoisotopic (exact) mass is 290 g/mol. The molecule has 0 aromatic carbocycles. The van der Waals surface area contributed by atoms with Crippen molar-refractivity contribution >= 4 is 16.2 Å². The second-order valence-corrected chi connectivity index (χ2v) is 5.57. The smallest absolute Gasteiger partial charge is 0.402 e. The van der Waals surface area contributed by atoms with Crippen LogP contribution in [-0.4, -0.2) is 38.3 Å². The molecule has 1 rings (SSSR count). The van der Waals surface area contributed by atoms with Crippen molar-refractivity contribution < 1.29 is 31.5 Å². The van der Waals surface area contributed by atoms with Crippen LogP contribution in [0.2, 0.25) is 0 Å². The van der Waals surface area contributed by atoms with Gasteiger partial charge in [-0.3, -0.25) is 4.79 Å². The maximum Gasteiger partial charge on any atom is 0.402 e. The summed E-state index contributed by atoms with van der Waals surface area (Å²) < 4.78 is 61.4. The molecule has 2 unspecified atom stereocenters. The van der Waals surface area contributed by atoms with Crippen LogP contribution in [0.3, 0.4) is 0 Å². The molecule has 0 aliphatic heterocycles. The van der Waals surface area contributed by atoms with Crippen LogP contribution in [0.4, 0.5) is 13.2 Å². The lowest BCUT2D eigenvalue weighted by Gasteiger charge is -2.18. The van der Waals surface area contributed by atoms with Crippen LogP contribution in [0.25, 0.3) is 0 Å². The summed E-state index contributed by atoms with van der Waals surface area (Å²) in [5.74, 6) is -2.05. The zero-order valence-electron chi connectivity index (χ0n) is 9.20. The molecule has 0 amide bonds. The molecule has 0 heterocycles. The fraction of sp³-hybridized carbons (Fsp3) is 0.875. The predicted octanol–water partition coefficient (Wildman–Crippen LogP) is 0.226. The summed E-state index contributed by atoms with van der Waals surface area (Å²) >= 11 is 0. The Labute approximate surface area is 102 Å². The van der Waals surface area contributed by atoms with Crippen LogP contribution in [-0.2, 0) is 15.0 Å². The topological polar surface area (TPSA) is 95.5 Å². The molecule has 0 bridgehead atoms. The van der Waals surface area contributed by atoms with Gasteiger partial charge in [-0.25, -0.2) is 0 Å². The number of carboxylic acid groups (broad SMARTS) is 1. The summed E-state index contributed by atoms with van der Waals surface area (Å²) in [5, 5.41) is 8.80. The van der Waals surface area contributed by atoms with Gasteiger partial charge in [-0.05, 0) is 12.8 Å². The third-order valence-corrected chi connectivity index (χ3v) is 3.74. The number of hydrogen-bond donors (Lipinski definition) is 3. The predicted molar refractivity (Wildman–Crippen MR) is 54.9 cm³/mol. The minimum atomic E-state index is -4.66. The van der Waals surface area contributed by atoms with E-state index in [9.17, 15) is 26.4 Å². The molecule has 2 atom stereocenters. The van der Waals surface area contributed by atoms with E-state index < -0.39 is 40.9 Å². The van der Waals surface area contributed by atoms with Crippen LogP contribution in [0.15, 0.2) is 0 Å². The highest BCUT2D eigenvalue weighted by molar-refractivity contribution is 7.87. The average molecular weight is 290 g/mol. The Bertz CT molecular complexity index is 409. The number of rotatable bonds is 5. The standard InChI is InChI=1S/C8H13F3N2O4S/c9-8(10,11)4-12-18(16,17)13-6-3-1-2-5(6)7(14)15/h5-6,12-13H,1-4H2,(H,14,15). The molecule has 106 valence electrons. The van der Waals surface area contributed by atoms with E-state index in [1.54, 1.807) is 0 Å². The molecule has 1 aliphatic carbocycles. The van der Waals surface area contributed by atoms with Crippen molar-refractivity contribution in [3.05, 3.63) is 0 Å². The third-order valence-electron chi connectivity index (χ3n) is 2.60. The van der Waals surface area contributed by atoms with Gasteiger partial charge in [0.15, 0.2) is 0 Å². The van der Waals surface area contributed by atoms with Crippen molar-refractivity contribution in [3.8, 4) is 0 Å². The van der Waals surface area contributed by atoms with Gasteiger partial charge in [0.25, 0.3) is 10.2 Å². The molecule has 18 heavy (non-hydrogen) atoms. The highest BCUT2D eigenvalue weighted by Crippen LogP contribution is 2.26. The molecule has 1 aliphatic rings. The van der Waals surface area contributed by atoms with E-state index in [0.29, 0.717) is 19.3 Å². The normalized spacial score (nSPS) is 25.3. The highest BCUT2D eigenvalue weighted by Gasteiger charge is 2.36. The molecular weight excluding hydrogens is 277 g/mol. The number of carbonyl (C=O) groups is 1. The molecule has 0 aromatic rings. The van der Waals surface area contributed by atoms with E-state index >= 15 is 0 Å². The summed E-state index contributed by atoms with van der Waals surface area (Å²) in [4.78, 5) is 10.8. The molecule has 1 fully saturated rings. The summed E-state index contributed by atoms with van der Waals surface area (Å²) in [6.45, 7) is -1.69. The van der Waals surface area contributed by atoms with Crippen molar-refractivity contribution in [1.82, 2.24) is 9.44 Å². The molecule has 1 saturated carbocycles. The molecule has 0 saturated heterocycles. The molecule has 0 aromatic heterocycles. The first-order valence-electron chi connectivity index (χ1n) is 5.17. The Balaban J connectivity index is 2.57. The van der Waals surface area contributed by atoms with E-state index in [1.807, 2.05) is 4.72 Å². The Morgan fingerprint density at radius 2 is 1.94 bits per heavy atom. The average Bonchev–Trinajstić information content (AvgIpc) is 2.61. The Morgan fingerprint density at radius 1 is 1.33 bits per heavy atom. The Hall–Kier alpha value is -0.870. The largest absolute Gasteiger partial charge is 0.481 e. The fourth-order valence-electron chi connectivity index (χ4n) is 1.81. The molecule has 0 radical (unpaired) electrons. The summed E-state index contributed by atoms with van der Waals surface area (Å²) in [5.41, 5.74) is 0. The first kappa shape index (κ1) is 15.2. The summed E-state index contributed by atoms with van der Waals surface area (Å²) in [7, 11) is -4.35. The molecular formula is C8H13F3N2O4S. The van der Waals surface area contributed by atoms with Gasteiger partial charge in [-0.1, -0.05) is 6.42 Å². The minimum absolute atomic E-state index is 0.296. The second kappa shape index (κ2) is 5.41. The second-order valence-electron chi connectivity index (χ2n) is 4.04. The number of alkyl halides is 3. The highest BCUT2D eigenvalue weighted by atomic mass is 32.2. The lowest BCUT2D eigenvalue weighted by Crippen LogP contribution is -2.47. The third kappa shape index (κ3) is 4.78. The van der Waals surface area contributed by atoms with Gasteiger partial charge in [0.2, 0.25) is 0 Å². The van der Waals surface area contributed by atoms with Crippen molar-refractivity contribution in [2.24, 2.45) is 5.92 Å². The van der Waals surface area contributed by atoms with Crippen LogP contribution >= 0.6 is 0 Å². The van der Waals surface area contributed by atoms with Crippen molar-refractivity contribution in [2.45, 2.75) is 31.5 Å². The van der Waals surface area contributed by atoms with Crippen molar-refractivity contribution in [3.63, 3.8) is 0 Å². The molecule has 0 spiro atoms. The van der Waals surface area contributed by atoms with E-state index in [2.05, 4.69) is 0 Å². The maximum atomic E-state index is 11.9. The van der Waals surface area contributed by atoms with Gasteiger partial charge < -0.3 is 5.11 Å². The van der Waals surface area contributed by atoms with E-state index in [-0.39, 0.29) is 0 Å². The van der Waals surface area contributed by atoms with Crippen LogP contribution in [0.5, 0.6) is 0 Å². The van der Waals surface area contributed by atoms with E-state index in [4.69, 9.17) is 5.11 Å². The first-order valence-corrected chi connectivity index (χ1v) is 6.65. The zero-order chi connectivity index (χ0) is 14.0. The minimum Gasteiger partial charge on any atom is -0.481 e. The van der Waals surface area contributed by atoms with Crippen LogP contribution < -0.4 is 9.44 Å². The van der Waals surface area contributed by atoms with Gasteiger partial charge >= 0.3 is 12.1 Å². The summed E-state index contributed by atoms with van der Waals surface area (Å²) in [6.07, 6.45) is -3.54. The van der Waals surface area contributed by atoms with Gasteiger partial charge in [0.1, 0.15) is 6.54 Å². The van der Waals surface area contributed by atoms with Crippen LogP contribution in [0.1, 0.15) is 19.3 Å². The van der Waals surface area contributed by atoms with Crippen molar-refractivity contribution in [2.75, 3.05) is 6.54 Å². The lowest BCUT2D eigenvalue weighted by atomic mass is 10.1. The van der Waals surface area contributed by atoms with Crippen LogP contribution in [0, 0.1) is 5.92 Å². The van der Waals surface area contributed by atoms with Gasteiger partial charge in [0.05, 0.1) is 5.92 Å². The SMILES string of the molecule is O=C(O)C1CCCC1NS(=O)(=O)NCC(F)(F)F. The number of aliphatic carboxylic acids is 1. The quantitative estimate of drug-likeness (QED) is 0.675. The summed E-state index contributed by atoms with van der Waals surface area (Å²) in [6, 6.07) is -0.867. The Morgan fingerprint density at radius 3 is 2.44 bits per heavy atom. The zero-order valence-corrected chi connectivity index (χ0v) is 10.0. The number of hydrogen-bond acceptors (Lipinski definition) is 3.